The highest BCUT2D eigenvalue weighted by molar-refractivity contribution is 5.97. The van der Waals surface area contributed by atoms with Crippen LogP contribution >= 0.6 is 0 Å². The molecule has 1 aliphatic carbocycles. The number of hydrogen-bond donors (Lipinski definition) is 1. The highest BCUT2D eigenvalue weighted by Crippen LogP contribution is 2.44. The Morgan fingerprint density at radius 3 is 2.56 bits per heavy atom. The van der Waals surface area contributed by atoms with Gasteiger partial charge in [0.2, 0.25) is 0 Å². The third kappa shape index (κ3) is 4.09. The molecule has 2 atom stereocenters. The fourth-order valence-corrected chi connectivity index (χ4v) is 3.58. The van der Waals surface area contributed by atoms with Crippen molar-refractivity contribution in [3.63, 3.8) is 0 Å². The second-order valence-corrected chi connectivity index (χ2v) is 6.96. The lowest BCUT2D eigenvalue weighted by atomic mass is 9.92. The Hall–Kier alpha value is -2.51. The van der Waals surface area contributed by atoms with E-state index in [1.807, 2.05) is 0 Å². The van der Waals surface area contributed by atoms with Crippen LogP contribution in [0.1, 0.15) is 28.8 Å². The van der Waals surface area contributed by atoms with Gasteiger partial charge in [0.15, 0.2) is 0 Å². The van der Waals surface area contributed by atoms with Gasteiger partial charge in [-0.25, -0.2) is 0 Å². The minimum Gasteiger partial charge on any atom is -0.489 e. The largest absolute Gasteiger partial charge is 0.489 e. The molecule has 3 rings (SSSR count). The van der Waals surface area contributed by atoms with Gasteiger partial charge in [-0.05, 0) is 42.9 Å². The number of nitrogens with zero attached hydrogens (tertiary/aromatic N) is 1. The average molecular weight is 383 g/mol. The topological polar surface area (TPSA) is 66.8 Å². The summed E-state index contributed by atoms with van der Waals surface area (Å²) in [6, 6.07) is 2.73. The highest BCUT2D eigenvalue weighted by Gasteiger charge is 2.47. The predicted molar refractivity (Wildman–Crippen MR) is 90.4 cm³/mol. The molecule has 8 heteroatoms. The van der Waals surface area contributed by atoms with Gasteiger partial charge in [0.05, 0.1) is 17.0 Å². The first-order valence-electron chi connectivity index (χ1n) is 8.69. The van der Waals surface area contributed by atoms with E-state index in [1.54, 1.807) is 0 Å². The summed E-state index contributed by atoms with van der Waals surface area (Å²) in [6.07, 6.45) is -1.33. The van der Waals surface area contributed by atoms with Crippen molar-refractivity contribution < 1.29 is 32.6 Å². The van der Waals surface area contributed by atoms with Crippen LogP contribution in [0.25, 0.3) is 0 Å². The van der Waals surface area contributed by atoms with Crippen LogP contribution < -0.4 is 4.74 Å². The van der Waals surface area contributed by atoms with E-state index in [1.165, 1.54) is 11.0 Å². The molecule has 1 aliphatic heterocycles. The lowest BCUT2D eigenvalue weighted by molar-refractivity contribution is -0.142. The number of carbonyl (C=O) groups is 2. The normalized spacial score (nSPS) is 22.6. The first kappa shape index (κ1) is 19.3. The van der Waals surface area contributed by atoms with Crippen LogP contribution in [-0.2, 0) is 11.0 Å². The molecule has 0 bridgehead atoms. The summed E-state index contributed by atoms with van der Waals surface area (Å²) in [4.78, 5) is 25.8. The van der Waals surface area contributed by atoms with Crippen molar-refractivity contribution in [1.29, 1.82) is 0 Å². The number of benzene rings is 1. The van der Waals surface area contributed by atoms with Crippen molar-refractivity contribution in [3.05, 3.63) is 42.0 Å². The first-order chi connectivity index (χ1) is 12.7. The van der Waals surface area contributed by atoms with E-state index < -0.39 is 29.5 Å². The standard InChI is InChI=1S/C19H20F3NO4/c1-2-7-27-16-6-5-12(19(20,21)22)8-13(16)17(24)23-9-14(11-3-4-11)15(10-23)18(25)26/h2,5-6,8,11,14-15H,1,3-4,7,9-10H2,(H,25,26)/t14-,15+/m1/s1. The van der Waals surface area contributed by atoms with Gasteiger partial charge in [0.25, 0.3) is 5.91 Å². The Morgan fingerprint density at radius 2 is 2.00 bits per heavy atom. The maximum absolute atomic E-state index is 13.1. The molecular weight excluding hydrogens is 363 g/mol. The maximum Gasteiger partial charge on any atom is 0.416 e. The molecule has 1 saturated carbocycles. The molecule has 0 unspecified atom stereocenters. The number of rotatable bonds is 6. The fraction of sp³-hybridized carbons (Fsp3) is 0.474. The zero-order valence-corrected chi connectivity index (χ0v) is 14.5. The van der Waals surface area contributed by atoms with Gasteiger partial charge in [-0.1, -0.05) is 12.7 Å². The monoisotopic (exact) mass is 383 g/mol. The van der Waals surface area contributed by atoms with Crippen LogP contribution in [0.15, 0.2) is 30.9 Å². The summed E-state index contributed by atoms with van der Waals surface area (Å²) in [5.41, 5.74) is -1.17. The summed E-state index contributed by atoms with van der Waals surface area (Å²) in [5, 5.41) is 9.43. The van der Waals surface area contributed by atoms with Crippen LogP contribution in [0.4, 0.5) is 13.2 Å². The van der Waals surface area contributed by atoms with E-state index in [2.05, 4.69) is 6.58 Å². The van der Waals surface area contributed by atoms with Gasteiger partial charge in [-0.3, -0.25) is 9.59 Å². The summed E-state index contributed by atoms with van der Waals surface area (Å²) in [6.45, 7) is 3.75. The van der Waals surface area contributed by atoms with Crippen molar-refractivity contribution in [2.75, 3.05) is 19.7 Å². The smallest absolute Gasteiger partial charge is 0.416 e. The maximum atomic E-state index is 13.1. The van der Waals surface area contributed by atoms with Crippen LogP contribution in [0.3, 0.4) is 0 Å². The Morgan fingerprint density at radius 1 is 1.30 bits per heavy atom. The second-order valence-electron chi connectivity index (χ2n) is 6.96. The molecule has 1 saturated heterocycles. The molecule has 1 heterocycles. The molecule has 0 radical (unpaired) electrons. The van der Waals surface area contributed by atoms with Crippen molar-refractivity contribution in [2.24, 2.45) is 17.8 Å². The molecule has 2 fully saturated rings. The molecule has 0 aromatic heterocycles. The van der Waals surface area contributed by atoms with Crippen molar-refractivity contribution >= 4 is 11.9 Å². The number of halogens is 3. The van der Waals surface area contributed by atoms with Gasteiger partial charge < -0.3 is 14.7 Å². The molecule has 146 valence electrons. The number of carbonyl (C=O) groups excluding carboxylic acids is 1. The van der Waals surface area contributed by atoms with E-state index >= 15 is 0 Å². The predicted octanol–water partition coefficient (Wildman–Crippen LogP) is 3.45. The zero-order chi connectivity index (χ0) is 19.8. The SMILES string of the molecule is C=CCOc1ccc(C(F)(F)F)cc1C(=O)N1C[C@H](C(=O)O)[C@@H](C2CC2)C1. The van der Waals surface area contributed by atoms with E-state index in [0.717, 1.165) is 31.0 Å². The molecule has 2 aliphatic rings. The minimum atomic E-state index is -4.60. The quantitative estimate of drug-likeness (QED) is 0.764. The molecule has 5 nitrogen and oxygen atoms in total. The van der Waals surface area contributed by atoms with E-state index in [0.29, 0.717) is 0 Å². The molecule has 1 N–H and O–H groups in total. The Labute approximate surface area is 154 Å². The fourth-order valence-electron chi connectivity index (χ4n) is 3.58. The molecule has 1 aromatic rings. The number of carboxylic acids is 1. The molecule has 1 amide bonds. The minimum absolute atomic E-state index is 0.00746. The number of ether oxygens (including phenoxy) is 1. The van der Waals surface area contributed by atoms with Crippen LogP contribution in [-0.4, -0.2) is 41.6 Å². The van der Waals surface area contributed by atoms with Crippen LogP contribution in [0, 0.1) is 17.8 Å². The summed E-state index contributed by atoms with van der Waals surface area (Å²) in [7, 11) is 0. The van der Waals surface area contributed by atoms with E-state index in [4.69, 9.17) is 4.74 Å². The first-order valence-corrected chi connectivity index (χ1v) is 8.69. The van der Waals surface area contributed by atoms with E-state index in [9.17, 15) is 27.9 Å². The lowest BCUT2D eigenvalue weighted by Crippen LogP contribution is -2.30. The van der Waals surface area contributed by atoms with Crippen LogP contribution in [0.5, 0.6) is 5.75 Å². The van der Waals surface area contributed by atoms with Crippen molar-refractivity contribution in [2.45, 2.75) is 19.0 Å². The number of likely N-dealkylation sites (tertiary alicyclic amines) is 1. The number of alkyl halides is 3. The second kappa shape index (κ2) is 7.25. The lowest BCUT2D eigenvalue weighted by Gasteiger charge is -2.19. The molecular formula is C19H20F3NO4. The van der Waals surface area contributed by atoms with Crippen molar-refractivity contribution in [1.82, 2.24) is 4.90 Å². The van der Waals surface area contributed by atoms with Gasteiger partial charge in [-0.15, -0.1) is 0 Å². The molecule has 27 heavy (non-hydrogen) atoms. The molecule has 0 spiro atoms. The highest BCUT2D eigenvalue weighted by atomic mass is 19.4. The zero-order valence-electron chi connectivity index (χ0n) is 14.5. The number of carboxylic acid groups (broad SMARTS) is 1. The Kier molecular flexibility index (Phi) is 5.17. The third-order valence-corrected chi connectivity index (χ3v) is 5.09. The Bertz CT molecular complexity index is 758. The van der Waals surface area contributed by atoms with Gasteiger partial charge >= 0.3 is 12.1 Å². The number of aliphatic carboxylic acids is 1. The summed E-state index contributed by atoms with van der Waals surface area (Å²) in [5.74, 6) is -2.18. The summed E-state index contributed by atoms with van der Waals surface area (Å²) < 4.78 is 44.6. The van der Waals surface area contributed by atoms with Gasteiger partial charge in [-0.2, -0.15) is 13.2 Å². The molecule has 1 aromatic carbocycles. The van der Waals surface area contributed by atoms with E-state index in [-0.39, 0.29) is 42.8 Å². The summed E-state index contributed by atoms with van der Waals surface area (Å²) >= 11 is 0. The van der Waals surface area contributed by atoms with Gasteiger partial charge in [0.1, 0.15) is 12.4 Å². The third-order valence-electron chi connectivity index (χ3n) is 5.09. The van der Waals surface area contributed by atoms with Crippen LogP contribution in [0.2, 0.25) is 0 Å². The number of hydrogen-bond acceptors (Lipinski definition) is 3. The Balaban J connectivity index is 1.90. The van der Waals surface area contributed by atoms with Crippen molar-refractivity contribution in [3.8, 4) is 5.75 Å². The average Bonchev–Trinajstić information content (AvgIpc) is 3.36. The number of amides is 1. The van der Waals surface area contributed by atoms with Gasteiger partial charge in [0, 0.05) is 13.1 Å².